The standard InChI is InChI=1S/C29H28FN9O12S3/c1-2-52(43,44)13-12-51-11-10-31-28-33-27(30)34-29(35-28)32-22-15-19(54(48,49)50)16-23(24(22)40)37-39-25(17-6-4-3-5-7-17)38-36-21-14-18(53(45,46)47)8-9-20(21)26(41)42/h2-9,14-16,40-42H,1,10-13H2,(H,45,46,47)(H,48,49,50)(H2,31,32,33,34,35)/p-5/b36-21+,38-25+,39-37?. The molecule has 21 nitrogen and oxygen atoms in total. The Morgan fingerprint density at radius 3 is 2.30 bits per heavy atom. The number of hydrogen-bond acceptors (Lipinski definition) is 20. The molecule has 54 heavy (non-hydrogen) atoms. The highest BCUT2D eigenvalue weighted by molar-refractivity contribution is 7.94. The van der Waals surface area contributed by atoms with Gasteiger partial charge in [0.1, 0.15) is 20.2 Å². The number of halogens is 1. The molecule has 0 saturated heterocycles. The summed E-state index contributed by atoms with van der Waals surface area (Å²) < 4.78 is 113. The summed E-state index contributed by atoms with van der Waals surface area (Å²) in [5.74, 6) is -4.75. The molecular formula is C29H23FN9O12S3-5. The Morgan fingerprint density at radius 1 is 0.944 bits per heavy atom. The molecule has 0 saturated carbocycles. The Labute approximate surface area is 305 Å². The molecule has 0 atom stereocenters. The van der Waals surface area contributed by atoms with E-state index in [1.807, 2.05) is 0 Å². The van der Waals surface area contributed by atoms with Gasteiger partial charge in [-0.05, 0) is 29.9 Å². The van der Waals surface area contributed by atoms with Crippen LogP contribution in [0, 0.1) is 6.08 Å². The number of sulfone groups is 1. The first-order valence-electron chi connectivity index (χ1n) is 14.6. The van der Waals surface area contributed by atoms with Gasteiger partial charge in [0, 0.05) is 23.2 Å². The summed E-state index contributed by atoms with van der Waals surface area (Å²) in [6.45, 7) is 2.89. The number of benzene rings is 2. The van der Waals surface area contributed by atoms with E-state index in [4.69, 9.17) is 4.74 Å². The Bertz CT molecular complexity index is 2450. The van der Waals surface area contributed by atoms with E-state index in [0.29, 0.717) is 18.2 Å². The minimum absolute atomic E-state index is 0.0481. The summed E-state index contributed by atoms with van der Waals surface area (Å²) in [5.41, 5.74) is -2.67. The van der Waals surface area contributed by atoms with Gasteiger partial charge in [-0.25, -0.2) is 25.3 Å². The van der Waals surface area contributed by atoms with Crippen LogP contribution in [0.25, 0.3) is 0 Å². The second-order valence-corrected chi connectivity index (χ2v) is 15.1. The smallest absolute Gasteiger partial charge is 0.315 e. The van der Waals surface area contributed by atoms with E-state index < -0.39 is 92.1 Å². The summed E-state index contributed by atoms with van der Waals surface area (Å²) in [6.07, 6.45) is 0.725. The number of ether oxygens (including phenoxy) is 1. The Hall–Kier alpha value is -5.99. The Kier molecular flexibility index (Phi) is 13.0. The van der Waals surface area contributed by atoms with Gasteiger partial charge in [0.25, 0.3) is 0 Å². The number of amidine groups is 1. The summed E-state index contributed by atoms with van der Waals surface area (Å²) in [6, 6.07) is 8.59. The minimum Gasteiger partial charge on any atom is -0.883 e. The van der Waals surface area contributed by atoms with Gasteiger partial charge < -0.3 is 39.8 Å². The molecule has 0 fully saturated rings. The summed E-state index contributed by atoms with van der Waals surface area (Å²) in [5, 5.41) is 57.3. The van der Waals surface area contributed by atoms with Crippen LogP contribution in [-0.2, 0) is 34.8 Å². The van der Waals surface area contributed by atoms with E-state index >= 15 is 0 Å². The number of anilines is 3. The third kappa shape index (κ3) is 11.5. The summed E-state index contributed by atoms with van der Waals surface area (Å²) in [4.78, 5) is 8.83. The zero-order valence-corrected chi connectivity index (χ0v) is 29.5. The van der Waals surface area contributed by atoms with Crippen molar-refractivity contribution < 1.29 is 58.8 Å². The molecule has 1 aromatic heterocycles. The number of rotatable bonds is 15. The van der Waals surface area contributed by atoms with Crippen molar-refractivity contribution in [2.24, 2.45) is 20.4 Å². The molecule has 1 heterocycles. The monoisotopic (exact) mass is 804 g/mol. The lowest BCUT2D eigenvalue weighted by Crippen LogP contribution is -2.24. The molecule has 0 radical (unpaired) electrons. The third-order valence-electron chi connectivity index (χ3n) is 6.50. The van der Waals surface area contributed by atoms with Crippen LogP contribution in [0.1, 0.15) is 5.56 Å². The summed E-state index contributed by atoms with van der Waals surface area (Å²) in [7, 11) is -13.8. The molecule has 3 aromatic rings. The molecule has 2 N–H and O–H groups in total. The van der Waals surface area contributed by atoms with Crippen molar-refractivity contribution in [2.45, 2.75) is 4.90 Å². The number of allylic oxidation sites excluding steroid dienone is 4. The van der Waals surface area contributed by atoms with Gasteiger partial charge in [-0.3, -0.25) is 0 Å². The minimum atomic E-state index is -5.28. The number of nitrogens with one attached hydrogen (secondary N) is 2. The van der Waals surface area contributed by atoms with Crippen molar-refractivity contribution in [3.8, 4) is 5.75 Å². The first-order chi connectivity index (χ1) is 25.4. The van der Waals surface area contributed by atoms with E-state index in [2.05, 4.69) is 52.6 Å². The van der Waals surface area contributed by atoms with E-state index in [1.54, 1.807) is 6.07 Å². The van der Waals surface area contributed by atoms with Gasteiger partial charge in [0.05, 0.1) is 40.2 Å². The van der Waals surface area contributed by atoms with Crippen LogP contribution >= 0.6 is 0 Å². The van der Waals surface area contributed by atoms with Gasteiger partial charge >= 0.3 is 6.08 Å². The maximum atomic E-state index is 14.3. The highest BCUT2D eigenvalue weighted by atomic mass is 32.2. The largest absolute Gasteiger partial charge is 0.883 e. The highest BCUT2D eigenvalue weighted by Gasteiger charge is 2.15. The van der Waals surface area contributed by atoms with Crippen molar-refractivity contribution in [1.29, 1.82) is 0 Å². The molecule has 4 rings (SSSR count). The molecule has 1 aliphatic carbocycles. The van der Waals surface area contributed by atoms with Crippen LogP contribution in [0.15, 0.2) is 114 Å². The molecule has 0 amide bonds. The number of hydrogen-bond donors (Lipinski definition) is 2. The number of aromatic nitrogens is 3. The Morgan fingerprint density at radius 2 is 1.65 bits per heavy atom. The van der Waals surface area contributed by atoms with Crippen LogP contribution in [-0.4, -0.2) is 86.4 Å². The van der Waals surface area contributed by atoms with E-state index in [-0.39, 0.29) is 37.0 Å². The molecule has 1 aliphatic rings. The predicted octanol–water partition coefficient (Wildman–Crippen LogP) is -0.464. The first kappa shape index (κ1) is 40.8. The average Bonchev–Trinajstić information content (AvgIpc) is 3.10. The maximum absolute atomic E-state index is 14.3. The fourth-order valence-electron chi connectivity index (χ4n) is 3.95. The molecule has 0 unspecified atom stereocenters. The maximum Gasteiger partial charge on any atom is 0.315 e. The molecule has 2 aromatic carbocycles. The van der Waals surface area contributed by atoms with Gasteiger partial charge in [-0.2, -0.15) is 25.3 Å². The van der Waals surface area contributed by atoms with Gasteiger partial charge in [0.15, 0.2) is 9.84 Å². The van der Waals surface area contributed by atoms with E-state index in [0.717, 1.165) is 17.6 Å². The molecule has 0 aliphatic heterocycles. The second-order valence-electron chi connectivity index (χ2n) is 10.2. The lowest BCUT2D eigenvalue weighted by atomic mass is 10.1. The van der Waals surface area contributed by atoms with E-state index in [1.165, 1.54) is 24.3 Å². The SMILES string of the molecule is C=CS(=O)(=O)CCOCCNc1nc(F)nc(Nc2cc(S(=O)(=O)[O-])cc(N=N/C(=N/N=C3\C=C(S(=O)(=O)[O-])C=CC3=C([O-])[O-])c3ccccc3)c2[O-])n1. The molecule has 0 bridgehead atoms. The molecule has 286 valence electrons. The molecular weight excluding hydrogens is 782 g/mol. The third-order valence-corrected chi connectivity index (χ3v) is 9.38. The lowest BCUT2D eigenvalue weighted by molar-refractivity contribution is -0.513. The van der Waals surface area contributed by atoms with Crippen molar-refractivity contribution >= 4 is 64.9 Å². The number of azo groups is 1. The van der Waals surface area contributed by atoms with Crippen molar-refractivity contribution in [3.63, 3.8) is 0 Å². The number of nitrogens with zero attached hydrogens (tertiary/aromatic N) is 7. The average molecular weight is 805 g/mol. The second kappa shape index (κ2) is 17.2. The molecule has 25 heteroatoms. The first-order valence-corrected chi connectivity index (χ1v) is 19.1. The predicted molar refractivity (Wildman–Crippen MR) is 179 cm³/mol. The van der Waals surface area contributed by atoms with Crippen molar-refractivity contribution in [3.05, 3.63) is 101 Å². The highest BCUT2D eigenvalue weighted by Crippen LogP contribution is 2.36. The van der Waals surface area contributed by atoms with Crippen molar-refractivity contribution in [1.82, 2.24) is 15.0 Å². The lowest BCUT2D eigenvalue weighted by Gasteiger charge is -2.24. The van der Waals surface area contributed by atoms with Crippen LogP contribution in [0.2, 0.25) is 0 Å². The van der Waals surface area contributed by atoms with Crippen LogP contribution in [0.5, 0.6) is 5.75 Å². The van der Waals surface area contributed by atoms with Gasteiger partial charge in [-0.15, -0.1) is 20.4 Å². The van der Waals surface area contributed by atoms with Crippen LogP contribution in [0.3, 0.4) is 0 Å². The normalized spacial score (nSPS) is 14.6. The van der Waals surface area contributed by atoms with E-state index in [9.17, 15) is 54.1 Å². The fraction of sp³-hybridized carbons (Fsp3) is 0.138. The zero-order valence-electron chi connectivity index (χ0n) is 27.0. The van der Waals surface area contributed by atoms with Gasteiger partial charge in [0.2, 0.25) is 17.7 Å². The quantitative estimate of drug-likeness (QED) is 0.0373. The van der Waals surface area contributed by atoms with Crippen molar-refractivity contribution in [2.75, 3.05) is 36.1 Å². The van der Waals surface area contributed by atoms with Crippen LogP contribution < -0.4 is 26.0 Å². The van der Waals surface area contributed by atoms with Crippen LogP contribution in [0.4, 0.5) is 27.7 Å². The summed E-state index contributed by atoms with van der Waals surface area (Å²) >= 11 is 0. The molecule has 0 spiro atoms. The Balaban J connectivity index is 1.68. The fourth-order valence-corrected chi connectivity index (χ4v) is 5.47. The topological polar surface area (TPSA) is 339 Å². The zero-order chi connectivity index (χ0) is 39.7. The van der Waals surface area contributed by atoms with Gasteiger partial charge in [-0.1, -0.05) is 48.7 Å².